The van der Waals surface area contributed by atoms with Crippen molar-refractivity contribution in [2.24, 2.45) is 0 Å². The number of halogens is 1. The van der Waals surface area contributed by atoms with Gasteiger partial charge in [-0.05, 0) is 31.5 Å². The first-order valence-corrected chi connectivity index (χ1v) is 6.13. The van der Waals surface area contributed by atoms with Crippen molar-refractivity contribution < 1.29 is 4.39 Å². The van der Waals surface area contributed by atoms with Gasteiger partial charge in [0.05, 0.1) is 0 Å². The second-order valence-corrected chi connectivity index (χ2v) is 4.40. The number of hydrogen-bond acceptors (Lipinski definition) is 2. The lowest BCUT2D eigenvalue weighted by atomic mass is 10.1. The standard InChI is InChI=1S/C14H18FN3/c1-11(13-4-3-5-14(15)10-13)16-6-8-18-9-7-17-12(18)2/h3-5,7,9-11,16H,6,8H2,1-2H3/t11-/m1/s1. The topological polar surface area (TPSA) is 29.9 Å². The van der Waals surface area contributed by atoms with E-state index in [1.807, 2.05) is 26.1 Å². The molecule has 0 spiro atoms. The predicted octanol–water partition coefficient (Wildman–Crippen LogP) is 2.68. The van der Waals surface area contributed by atoms with Crippen molar-refractivity contribution in [2.45, 2.75) is 26.4 Å². The lowest BCUT2D eigenvalue weighted by Gasteiger charge is -2.15. The number of aryl methyl sites for hydroxylation is 1. The van der Waals surface area contributed by atoms with Crippen molar-refractivity contribution in [1.29, 1.82) is 0 Å². The molecule has 1 aromatic heterocycles. The van der Waals surface area contributed by atoms with Crippen molar-refractivity contribution in [3.05, 3.63) is 53.9 Å². The molecule has 0 aliphatic carbocycles. The van der Waals surface area contributed by atoms with E-state index in [0.717, 1.165) is 24.5 Å². The summed E-state index contributed by atoms with van der Waals surface area (Å²) in [5.74, 6) is 0.821. The second kappa shape index (κ2) is 5.78. The van der Waals surface area contributed by atoms with E-state index in [1.165, 1.54) is 6.07 Å². The average molecular weight is 247 g/mol. The van der Waals surface area contributed by atoms with Gasteiger partial charge in [-0.2, -0.15) is 0 Å². The summed E-state index contributed by atoms with van der Waals surface area (Å²) in [5.41, 5.74) is 0.970. The van der Waals surface area contributed by atoms with Gasteiger partial charge in [0.2, 0.25) is 0 Å². The molecular weight excluding hydrogens is 229 g/mol. The highest BCUT2D eigenvalue weighted by molar-refractivity contribution is 5.19. The molecule has 0 radical (unpaired) electrons. The van der Waals surface area contributed by atoms with E-state index in [9.17, 15) is 4.39 Å². The van der Waals surface area contributed by atoms with Crippen LogP contribution in [0.1, 0.15) is 24.4 Å². The highest BCUT2D eigenvalue weighted by Crippen LogP contribution is 2.13. The maximum atomic E-state index is 13.1. The number of imidazole rings is 1. The number of aromatic nitrogens is 2. The Morgan fingerprint density at radius 3 is 2.94 bits per heavy atom. The summed E-state index contributed by atoms with van der Waals surface area (Å²) in [7, 11) is 0. The van der Waals surface area contributed by atoms with Gasteiger partial charge in [0.15, 0.2) is 0 Å². The third-order valence-corrected chi connectivity index (χ3v) is 3.08. The zero-order valence-electron chi connectivity index (χ0n) is 10.7. The van der Waals surface area contributed by atoms with E-state index >= 15 is 0 Å². The van der Waals surface area contributed by atoms with Gasteiger partial charge >= 0.3 is 0 Å². The van der Waals surface area contributed by atoms with Crippen LogP contribution >= 0.6 is 0 Å². The van der Waals surface area contributed by atoms with Gasteiger partial charge in [-0.15, -0.1) is 0 Å². The van der Waals surface area contributed by atoms with Gasteiger partial charge in [0.25, 0.3) is 0 Å². The Kier molecular flexibility index (Phi) is 4.10. The Morgan fingerprint density at radius 2 is 2.28 bits per heavy atom. The molecule has 0 bridgehead atoms. The maximum Gasteiger partial charge on any atom is 0.123 e. The Hall–Kier alpha value is -1.68. The van der Waals surface area contributed by atoms with Crippen molar-refractivity contribution >= 4 is 0 Å². The van der Waals surface area contributed by atoms with E-state index in [1.54, 1.807) is 18.3 Å². The number of nitrogens with zero attached hydrogens (tertiary/aromatic N) is 2. The van der Waals surface area contributed by atoms with E-state index < -0.39 is 0 Å². The Morgan fingerprint density at radius 1 is 1.44 bits per heavy atom. The summed E-state index contributed by atoms with van der Waals surface area (Å²) in [6.45, 7) is 5.71. The molecule has 2 aromatic rings. The molecule has 18 heavy (non-hydrogen) atoms. The van der Waals surface area contributed by atoms with Crippen LogP contribution in [-0.2, 0) is 6.54 Å². The SMILES string of the molecule is Cc1nccn1CCN[C@H](C)c1cccc(F)c1. The van der Waals surface area contributed by atoms with Crippen molar-refractivity contribution in [3.8, 4) is 0 Å². The summed E-state index contributed by atoms with van der Waals surface area (Å²) >= 11 is 0. The fourth-order valence-corrected chi connectivity index (χ4v) is 1.94. The molecule has 0 aliphatic heterocycles. The fourth-order valence-electron chi connectivity index (χ4n) is 1.94. The first-order valence-electron chi connectivity index (χ1n) is 6.13. The zero-order valence-corrected chi connectivity index (χ0v) is 10.7. The van der Waals surface area contributed by atoms with Gasteiger partial charge < -0.3 is 9.88 Å². The van der Waals surface area contributed by atoms with Crippen LogP contribution in [0.5, 0.6) is 0 Å². The predicted molar refractivity (Wildman–Crippen MR) is 69.8 cm³/mol. The molecule has 0 saturated carbocycles. The minimum atomic E-state index is -0.188. The van der Waals surface area contributed by atoms with E-state index in [2.05, 4.69) is 14.9 Å². The van der Waals surface area contributed by atoms with Crippen molar-refractivity contribution in [2.75, 3.05) is 6.54 Å². The minimum absolute atomic E-state index is 0.143. The molecule has 1 atom stereocenters. The average Bonchev–Trinajstić information content (AvgIpc) is 2.75. The van der Waals surface area contributed by atoms with Crippen LogP contribution in [0.4, 0.5) is 4.39 Å². The first-order chi connectivity index (χ1) is 8.66. The van der Waals surface area contributed by atoms with Gasteiger partial charge in [0, 0.05) is 31.5 Å². The lowest BCUT2D eigenvalue weighted by molar-refractivity contribution is 0.523. The van der Waals surface area contributed by atoms with Gasteiger partial charge in [-0.25, -0.2) is 9.37 Å². The smallest absolute Gasteiger partial charge is 0.123 e. The fraction of sp³-hybridized carbons (Fsp3) is 0.357. The van der Waals surface area contributed by atoms with Crippen LogP contribution < -0.4 is 5.32 Å². The van der Waals surface area contributed by atoms with Crippen molar-refractivity contribution in [3.63, 3.8) is 0 Å². The molecule has 3 nitrogen and oxygen atoms in total. The quantitative estimate of drug-likeness (QED) is 0.880. The number of hydrogen-bond donors (Lipinski definition) is 1. The molecule has 0 fully saturated rings. The number of benzene rings is 1. The second-order valence-electron chi connectivity index (χ2n) is 4.40. The summed E-state index contributed by atoms with van der Waals surface area (Å²) in [6.07, 6.45) is 3.76. The van der Waals surface area contributed by atoms with E-state index in [0.29, 0.717) is 0 Å². The van der Waals surface area contributed by atoms with Crippen LogP contribution in [0.2, 0.25) is 0 Å². The Bertz CT molecular complexity index is 507. The summed E-state index contributed by atoms with van der Waals surface area (Å²) in [6, 6.07) is 6.85. The minimum Gasteiger partial charge on any atom is -0.334 e. The van der Waals surface area contributed by atoms with Crippen LogP contribution in [0.25, 0.3) is 0 Å². The molecule has 0 aliphatic rings. The first kappa shape index (κ1) is 12.8. The molecule has 2 rings (SSSR count). The van der Waals surface area contributed by atoms with Crippen LogP contribution in [0, 0.1) is 12.7 Å². The summed E-state index contributed by atoms with van der Waals surface area (Å²) in [4.78, 5) is 4.17. The molecular formula is C14H18FN3. The highest BCUT2D eigenvalue weighted by Gasteiger charge is 2.05. The normalized spacial score (nSPS) is 12.6. The molecule has 4 heteroatoms. The molecule has 96 valence electrons. The third kappa shape index (κ3) is 3.17. The van der Waals surface area contributed by atoms with Crippen molar-refractivity contribution in [1.82, 2.24) is 14.9 Å². The number of nitrogens with one attached hydrogen (secondary N) is 1. The van der Waals surface area contributed by atoms with Gasteiger partial charge in [0.1, 0.15) is 11.6 Å². The molecule has 1 heterocycles. The largest absolute Gasteiger partial charge is 0.334 e. The summed E-state index contributed by atoms with van der Waals surface area (Å²) in [5, 5.41) is 3.38. The van der Waals surface area contributed by atoms with E-state index in [-0.39, 0.29) is 11.9 Å². The zero-order chi connectivity index (χ0) is 13.0. The Balaban J connectivity index is 1.85. The number of rotatable bonds is 5. The monoisotopic (exact) mass is 247 g/mol. The maximum absolute atomic E-state index is 13.1. The lowest BCUT2D eigenvalue weighted by Crippen LogP contribution is -2.23. The van der Waals surface area contributed by atoms with E-state index in [4.69, 9.17) is 0 Å². The van der Waals surface area contributed by atoms with Gasteiger partial charge in [-0.1, -0.05) is 12.1 Å². The molecule has 0 amide bonds. The van der Waals surface area contributed by atoms with Crippen LogP contribution in [0.15, 0.2) is 36.7 Å². The third-order valence-electron chi connectivity index (χ3n) is 3.08. The Labute approximate surface area is 107 Å². The van der Waals surface area contributed by atoms with Gasteiger partial charge in [-0.3, -0.25) is 0 Å². The molecule has 1 N–H and O–H groups in total. The highest BCUT2D eigenvalue weighted by atomic mass is 19.1. The van der Waals surface area contributed by atoms with Crippen LogP contribution in [-0.4, -0.2) is 16.1 Å². The summed E-state index contributed by atoms with van der Waals surface area (Å²) < 4.78 is 15.2. The molecule has 0 unspecified atom stereocenters. The van der Waals surface area contributed by atoms with Crippen LogP contribution in [0.3, 0.4) is 0 Å². The molecule has 1 aromatic carbocycles. The molecule has 0 saturated heterocycles.